The Morgan fingerprint density at radius 1 is 0.826 bits per heavy atom. The van der Waals surface area contributed by atoms with Crippen LogP contribution >= 0.6 is 0 Å². The number of aryl methyl sites for hydroxylation is 1. The van der Waals surface area contributed by atoms with Crippen molar-refractivity contribution in [2.24, 2.45) is 0 Å². The molecule has 0 amide bonds. The van der Waals surface area contributed by atoms with Gasteiger partial charge in [-0.05, 0) is 0 Å². The molecule has 2 aliphatic rings. The first-order chi connectivity index (χ1) is 10.8. The maximum atomic E-state index is 2.53. The summed E-state index contributed by atoms with van der Waals surface area (Å²) >= 11 is 0. The van der Waals surface area contributed by atoms with Gasteiger partial charge in [0.05, 0.1) is 0 Å². The molecule has 1 heteroatoms. The monoisotopic (exact) mass is 342 g/mol. The standard InChI is InChI=1S/C17H25.C5H5.Ti/c1-12-11-16(14-7-3-4-8-14)17(13(12)2)15-9-5-6-10-15;1-2-4-5-3-1;/h11,14-15H,3-10H2,1-2H3;1-5H;/q-1;-5;. The Bertz CT molecular complexity index is 532. The average molecular weight is 342 g/mol. The Kier molecular flexibility index (Phi) is 7.37. The maximum absolute atomic E-state index is 2.53. The minimum absolute atomic E-state index is 0. The Hall–Kier alpha value is -0.586. The normalized spacial score (nSPS) is 18.5. The van der Waals surface area contributed by atoms with E-state index < -0.39 is 0 Å². The van der Waals surface area contributed by atoms with Crippen molar-refractivity contribution in [3.63, 3.8) is 0 Å². The molecule has 4 rings (SSSR count). The Labute approximate surface area is 157 Å². The van der Waals surface area contributed by atoms with Gasteiger partial charge >= 0.3 is 0 Å². The summed E-state index contributed by atoms with van der Waals surface area (Å²) in [5.74, 6) is 1.80. The van der Waals surface area contributed by atoms with Gasteiger partial charge in [0.2, 0.25) is 0 Å². The van der Waals surface area contributed by atoms with Gasteiger partial charge in [-0.15, -0.1) is 0 Å². The molecule has 2 saturated carbocycles. The Morgan fingerprint density at radius 3 is 1.74 bits per heavy atom. The molecule has 0 saturated heterocycles. The van der Waals surface area contributed by atoms with Gasteiger partial charge in [0, 0.05) is 21.7 Å². The van der Waals surface area contributed by atoms with E-state index in [1.165, 1.54) is 51.4 Å². The molecule has 0 heterocycles. The second-order valence-corrected chi connectivity index (χ2v) is 7.25. The molecule has 0 spiro atoms. The predicted molar refractivity (Wildman–Crippen MR) is 96.0 cm³/mol. The van der Waals surface area contributed by atoms with E-state index in [1.807, 2.05) is 30.3 Å². The van der Waals surface area contributed by atoms with Crippen molar-refractivity contribution in [2.75, 3.05) is 0 Å². The van der Waals surface area contributed by atoms with Gasteiger partial charge in [-0.2, -0.15) is 28.3 Å². The molecule has 0 bridgehead atoms. The Balaban J connectivity index is 0.000000276. The fourth-order valence-corrected chi connectivity index (χ4v) is 4.50. The third kappa shape index (κ3) is 4.49. The van der Waals surface area contributed by atoms with Gasteiger partial charge in [-0.1, -0.05) is 77.0 Å². The van der Waals surface area contributed by atoms with Crippen molar-refractivity contribution in [3.05, 3.63) is 58.7 Å². The fraction of sp³-hybridized carbons (Fsp3) is 0.545. The molecule has 0 radical (unpaired) electrons. The van der Waals surface area contributed by atoms with Crippen molar-refractivity contribution >= 4 is 0 Å². The van der Waals surface area contributed by atoms with Crippen LogP contribution in [0.4, 0.5) is 0 Å². The maximum Gasteiger partial charge on any atom is 0 e. The van der Waals surface area contributed by atoms with Crippen LogP contribution in [-0.2, 0) is 21.7 Å². The van der Waals surface area contributed by atoms with Crippen LogP contribution in [-0.4, -0.2) is 0 Å². The Morgan fingerprint density at radius 2 is 1.26 bits per heavy atom. The van der Waals surface area contributed by atoms with E-state index in [1.54, 1.807) is 22.3 Å². The quantitative estimate of drug-likeness (QED) is 0.419. The molecule has 2 aliphatic carbocycles. The van der Waals surface area contributed by atoms with Gasteiger partial charge < -0.3 is 30.3 Å². The van der Waals surface area contributed by atoms with Crippen LogP contribution in [0.5, 0.6) is 0 Å². The van der Waals surface area contributed by atoms with Crippen LogP contribution in [0.2, 0.25) is 0 Å². The van der Waals surface area contributed by atoms with E-state index in [-0.39, 0.29) is 21.7 Å². The molecule has 0 aromatic heterocycles. The van der Waals surface area contributed by atoms with Crippen LogP contribution in [0.1, 0.15) is 85.5 Å². The summed E-state index contributed by atoms with van der Waals surface area (Å²) in [6.07, 6.45) is 11.6. The molecule has 2 fully saturated rings. The smallest absolute Gasteiger partial charge is 0 e. The molecule has 0 N–H and O–H groups in total. The second-order valence-electron chi connectivity index (χ2n) is 7.25. The van der Waals surface area contributed by atoms with Gasteiger partial charge in [0.25, 0.3) is 0 Å². The topological polar surface area (TPSA) is 0 Å². The van der Waals surface area contributed by atoms with Crippen molar-refractivity contribution in [1.82, 2.24) is 0 Å². The SMILES string of the molecule is Cc1c(C2CCCC2)c(C2CCCC2)c[c-]1C.[Ti].[cH-]1[cH-][cH-][cH-][cH-]1. The third-order valence-electron chi connectivity index (χ3n) is 5.79. The molecule has 128 valence electrons. The van der Waals surface area contributed by atoms with Crippen molar-refractivity contribution in [1.29, 1.82) is 0 Å². The molecular weight excluding hydrogens is 312 g/mol. The molecular formula is C22H30Ti-6. The number of hydrogen-bond acceptors (Lipinski definition) is 0. The van der Waals surface area contributed by atoms with Gasteiger partial charge in [-0.3, -0.25) is 0 Å². The van der Waals surface area contributed by atoms with E-state index in [0.29, 0.717) is 0 Å². The van der Waals surface area contributed by atoms with Gasteiger partial charge in [-0.25, -0.2) is 0 Å². The first kappa shape index (κ1) is 18.7. The van der Waals surface area contributed by atoms with E-state index in [0.717, 1.165) is 11.8 Å². The zero-order valence-corrected chi connectivity index (χ0v) is 16.3. The predicted octanol–water partition coefficient (Wildman–Crippen LogP) is 6.74. The molecule has 0 aliphatic heterocycles. The molecule has 2 aromatic carbocycles. The summed E-state index contributed by atoms with van der Waals surface area (Å²) in [4.78, 5) is 0. The molecule has 0 atom stereocenters. The van der Waals surface area contributed by atoms with Crippen LogP contribution in [0.25, 0.3) is 0 Å². The fourth-order valence-electron chi connectivity index (χ4n) is 4.50. The van der Waals surface area contributed by atoms with E-state index in [4.69, 9.17) is 0 Å². The summed E-state index contributed by atoms with van der Waals surface area (Å²) in [5, 5.41) is 0. The zero-order chi connectivity index (χ0) is 15.4. The van der Waals surface area contributed by atoms with Crippen LogP contribution < -0.4 is 0 Å². The van der Waals surface area contributed by atoms with E-state index >= 15 is 0 Å². The summed E-state index contributed by atoms with van der Waals surface area (Å²) in [5.41, 5.74) is 6.71. The zero-order valence-electron chi connectivity index (χ0n) is 14.8. The van der Waals surface area contributed by atoms with Gasteiger partial charge in [0.1, 0.15) is 0 Å². The number of hydrogen-bond donors (Lipinski definition) is 0. The summed E-state index contributed by atoms with van der Waals surface area (Å²) in [7, 11) is 0. The average Bonchev–Trinajstić information content (AvgIpc) is 3.31. The molecule has 0 nitrogen and oxygen atoms in total. The first-order valence-electron chi connectivity index (χ1n) is 9.20. The summed E-state index contributed by atoms with van der Waals surface area (Å²) in [6.45, 7) is 4.67. The first-order valence-corrected chi connectivity index (χ1v) is 9.20. The molecule has 2 aromatic rings. The molecule has 23 heavy (non-hydrogen) atoms. The summed E-state index contributed by atoms with van der Waals surface area (Å²) < 4.78 is 0. The largest absolute Gasteiger partial charge is 0.748 e. The van der Waals surface area contributed by atoms with Crippen molar-refractivity contribution in [2.45, 2.75) is 77.0 Å². The van der Waals surface area contributed by atoms with Crippen molar-refractivity contribution in [3.8, 4) is 0 Å². The van der Waals surface area contributed by atoms with Gasteiger partial charge in [0.15, 0.2) is 0 Å². The van der Waals surface area contributed by atoms with E-state index in [9.17, 15) is 0 Å². The molecule has 0 unspecified atom stereocenters. The third-order valence-corrected chi connectivity index (χ3v) is 5.79. The van der Waals surface area contributed by atoms with E-state index in [2.05, 4.69) is 19.9 Å². The van der Waals surface area contributed by atoms with Crippen LogP contribution in [0.15, 0.2) is 36.4 Å². The second kappa shape index (κ2) is 9.04. The van der Waals surface area contributed by atoms with Crippen LogP contribution in [0.3, 0.4) is 0 Å². The van der Waals surface area contributed by atoms with Crippen LogP contribution in [0, 0.1) is 13.8 Å². The van der Waals surface area contributed by atoms with Crippen molar-refractivity contribution < 1.29 is 21.7 Å². The minimum Gasteiger partial charge on any atom is -0.748 e. The minimum atomic E-state index is 0. The number of rotatable bonds is 2. The summed E-state index contributed by atoms with van der Waals surface area (Å²) in [6, 6.07) is 12.5.